The molecule has 0 radical (unpaired) electrons. The van der Waals surface area contributed by atoms with E-state index in [4.69, 9.17) is 23.2 Å². The molecule has 0 saturated carbocycles. The number of rotatable bonds is 3. The van der Waals surface area contributed by atoms with E-state index in [2.05, 4.69) is 26.2 Å². The fourth-order valence-electron chi connectivity index (χ4n) is 2.02. The number of hydrogen-bond acceptors (Lipinski definition) is 1. The Labute approximate surface area is 136 Å². The normalized spacial score (nSPS) is 20.6. The highest BCUT2D eigenvalue weighted by atomic mass is 79.9. The van der Waals surface area contributed by atoms with Gasteiger partial charge in [0.25, 0.3) is 0 Å². The summed E-state index contributed by atoms with van der Waals surface area (Å²) in [6.45, 7) is 1.65. The van der Waals surface area contributed by atoms with Crippen molar-refractivity contribution in [2.45, 2.75) is 12.3 Å². The van der Waals surface area contributed by atoms with Crippen molar-refractivity contribution in [3.05, 3.63) is 33.8 Å². The van der Waals surface area contributed by atoms with Crippen molar-refractivity contribution < 1.29 is 0 Å². The fraction of sp³-hybridized carbons (Fsp3) is 0.417. The first-order valence-corrected chi connectivity index (χ1v) is 7.37. The predicted octanol–water partition coefficient (Wildman–Crippen LogP) is 4.44. The number of hydrogen-bond donors (Lipinski definition) is 1. The molecule has 1 aromatic carbocycles. The van der Waals surface area contributed by atoms with Gasteiger partial charge in [0.1, 0.15) is 0 Å². The van der Waals surface area contributed by atoms with Crippen molar-refractivity contribution in [2.24, 2.45) is 4.99 Å². The molecule has 0 aliphatic carbocycles. The molecule has 0 amide bonds. The van der Waals surface area contributed by atoms with Gasteiger partial charge in [-0.1, -0.05) is 45.2 Å². The van der Waals surface area contributed by atoms with Gasteiger partial charge in [-0.3, -0.25) is 4.99 Å². The topological polar surface area (TPSA) is 24.4 Å². The summed E-state index contributed by atoms with van der Waals surface area (Å²) in [6, 6.07) is 5.64. The molecule has 0 aromatic heterocycles. The van der Waals surface area contributed by atoms with E-state index in [1.165, 1.54) is 0 Å². The van der Waals surface area contributed by atoms with Crippen LogP contribution in [0.4, 0.5) is 0 Å². The number of alkyl halides is 1. The van der Waals surface area contributed by atoms with Gasteiger partial charge in [-0.15, -0.1) is 17.0 Å². The Morgan fingerprint density at radius 3 is 2.61 bits per heavy atom. The Kier molecular flexibility index (Phi) is 6.99. The second-order valence-corrected chi connectivity index (χ2v) is 5.54. The van der Waals surface area contributed by atoms with E-state index in [0.717, 1.165) is 46.3 Å². The third kappa shape index (κ3) is 3.86. The van der Waals surface area contributed by atoms with Crippen LogP contribution in [0.15, 0.2) is 23.2 Å². The van der Waals surface area contributed by atoms with E-state index in [9.17, 15) is 0 Å². The number of benzene rings is 1. The Balaban J connectivity index is 0.00000162. The van der Waals surface area contributed by atoms with E-state index < -0.39 is 0 Å². The van der Waals surface area contributed by atoms with E-state index >= 15 is 0 Å². The minimum atomic E-state index is 0. The molecule has 1 aliphatic rings. The van der Waals surface area contributed by atoms with Crippen molar-refractivity contribution in [1.29, 1.82) is 0 Å². The van der Waals surface area contributed by atoms with E-state index in [1.807, 2.05) is 18.2 Å². The molecule has 0 bridgehead atoms. The number of halogens is 4. The van der Waals surface area contributed by atoms with Crippen LogP contribution in [0, 0.1) is 0 Å². The molecule has 1 aliphatic heterocycles. The van der Waals surface area contributed by atoms with Crippen molar-refractivity contribution in [1.82, 2.24) is 5.32 Å². The largest absolute Gasteiger partial charge is 0.373 e. The quantitative estimate of drug-likeness (QED) is 0.723. The minimum absolute atomic E-state index is 0. The van der Waals surface area contributed by atoms with Crippen LogP contribution in [0.2, 0.25) is 10.0 Å². The van der Waals surface area contributed by atoms with Gasteiger partial charge in [0.2, 0.25) is 0 Å². The maximum Gasteiger partial charge on any atom is 0.0970 e. The number of nitrogens with one attached hydrogen (secondary N) is 1. The zero-order valence-corrected chi connectivity index (χ0v) is 14.4. The maximum absolute atomic E-state index is 6.20. The van der Waals surface area contributed by atoms with Gasteiger partial charge < -0.3 is 5.32 Å². The van der Waals surface area contributed by atoms with Gasteiger partial charge in [-0.05, 0) is 17.7 Å². The second kappa shape index (κ2) is 7.73. The van der Waals surface area contributed by atoms with Gasteiger partial charge in [0.05, 0.1) is 12.4 Å². The van der Waals surface area contributed by atoms with E-state index in [0.29, 0.717) is 5.92 Å². The third-order valence-electron chi connectivity index (χ3n) is 2.79. The van der Waals surface area contributed by atoms with Crippen LogP contribution in [0.5, 0.6) is 0 Å². The average molecular weight is 417 g/mol. The lowest BCUT2D eigenvalue weighted by Crippen LogP contribution is -2.15. The summed E-state index contributed by atoms with van der Waals surface area (Å²) in [7, 11) is 0. The first-order valence-electron chi connectivity index (χ1n) is 5.49. The molecular formula is C12H14Br2Cl2N2. The SMILES string of the molecule is Br.Clc1cccc(Cl)c1C1CNC(=NCCBr)C1. The molecule has 1 N–H and O–H groups in total. The van der Waals surface area contributed by atoms with Crippen LogP contribution < -0.4 is 5.32 Å². The summed E-state index contributed by atoms with van der Waals surface area (Å²) in [5, 5.41) is 5.67. The van der Waals surface area contributed by atoms with Gasteiger partial charge in [-0.2, -0.15) is 0 Å². The van der Waals surface area contributed by atoms with Crippen molar-refractivity contribution in [2.75, 3.05) is 18.4 Å². The van der Waals surface area contributed by atoms with Gasteiger partial charge >= 0.3 is 0 Å². The summed E-state index contributed by atoms with van der Waals surface area (Å²) >= 11 is 15.8. The van der Waals surface area contributed by atoms with E-state index in [-0.39, 0.29) is 17.0 Å². The fourth-order valence-corrected chi connectivity index (χ4v) is 2.90. The molecule has 1 fully saturated rings. The minimum Gasteiger partial charge on any atom is -0.373 e. The molecule has 1 aromatic rings. The lowest BCUT2D eigenvalue weighted by molar-refractivity contribution is 0.764. The molecule has 2 rings (SSSR count). The first kappa shape index (κ1) is 16.3. The molecule has 1 heterocycles. The van der Waals surface area contributed by atoms with E-state index in [1.54, 1.807) is 0 Å². The molecule has 2 nitrogen and oxygen atoms in total. The van der Waals surface area contributed by atoms with Crippen molar-refractivity contribution in [3.8, 4) is 0 Å². The molecule has 1 saturated heterocycles. The Morgan fingerprint density at radius 1 is 1.33 bits per heavy atom. The number of nitrogens with zero attached hydrogens (tertiary/aromatic N) is 1. The van der Waals surface area contributed by atoms with Crippen LogP contribution in [-0.4, -0.2) is 24.3 Å². The van der Waals surface area contributed by atoms with Crippen LogP contribution in [0.3, 0.4) is 0 Å². The molecule has 0 spiro atoms. The Hall–Kier alpha value is 0.230. The van der Waals surface area contributed by atoms with Gasteiger partial charge in [0.15, 0.2) is 0 Å². The standard InChI is InChI=1S/C12H13BrCl2N2.BrH/c13-4-5-16-11-6-8(7-17-11)12-9(14)2-1-3-10(12)15;/h1-3,8H,4-7H2,(H,16,17);1H. The van der Waals surface area contributed by atoms with Crippen LogP contribution >= 0.6 is 56.1 Å². The second-order valence-electron chi connectivity index (χ2n) is 3.93. The van der Waals surface area contributed by atoms with Gasteiger partial charge in [-0.25, -0.2) is 0 Å². The smallest absolute Gasteiger partial charge is 0.0970 e. The molecule has 1 atom stereocenters. The number of aliphatic imine (C=N–C) groups is 1. The zero-order valence-electron chi connectivity index (χ0n) is 9.63. The summed E-state index contributed by atoms with van der Waals surface area (Å²) in [5.41, 5.74) is 1.03. The first-order chi connectivity index (χ1) is 8.22. The van der Waals surface area contributed by atoms with Crippen LogP contribution in [-0.2, 0) is 0 Å². The molecule has 100 valence electrons. The Bertz CT molecular complexity index is 418. The van der Waals surface area contributed by atoms with Crippen LogP contribution in [0.25, 0.3) is 0 Å². The summed E-state index contributed by atoms with van der Waals surface area (Å²) in [4.78, 5) is 4.45. The lowest BCUT2D eigenvalue weighted by atomic mass is 9.98. The lowest BCUT2D eigenvalue weighted by Gasteiger charge is -2.11. The predicted molar refractivity (Wildman–Crippen MR) is 88.2 cm³/mol. The summed E-state index contributed by atoms with van der Waals surface area (Å²) in [5.74, 6) is 1.37. The van der Waals surface area contributed by atoms with Crippen molar-refractivity contribution in [3.63, 3.8) is 0 Å². The summed E-state index contributed by atoms with van der Waals surface area (Å²) in [6.07, 6.45) is 0.885. The highest BCUT2D eigenvalue weighted by Gasteiger charge is 2.25. The summed E-state index contributed by atoms with van der Waals surface area (Å²) < 4.78 is 0. The third-order valence-corrected chi connectivity index (χ3v) is 3.80. The zero-order chi connectivity index (χ0) is 12.3. The highest BCUT2D eigenvalue weighted by Crippen LogP contribution is 2.35. The van der Waals surface area contributed by atoms with Crippen LogP contribution in [0.1, 0.15) is 17.9 Å². The molecule has 6 heteroatoms. The highest BCUT2D eigenvalue weighted by molar-refractivity contribution is 9.09. The van der Waals surface area contributed by atoms with Gasteiger partial charge in [0, 0.05) is 34.3 Å². The maximum atomic E-state index is 6.20. The Morgan fingerprint density at radius 2 is 2.00 bits per heavy atom. The molecule has 18 heavy (non-hydrogen) atoms. The monoisotopic (exact) mass is 414 g/mol. The number of amidine groups is 1. The molecular weight excluding hydrogens is 403 g/mol. The molecule has 1 unspecified atom stereocenters. The average Bonchev–Trinajstić information content (AvgIpc) is 2.75. The van der Waals surface area contributed by atoms with Crippen molar-refractivity contribution >= 4 is 61.9 Å².